The van der Waals surface area contributed by atoms with Crippen molar-refractivity contribution in [2.45, 2.75) is 26.9 Å². The predicted octanol–water partition coefficient (Wildman–Crippen LogP) is 2.81. The zero-order valence-corrected chi connectivity index (χ0v) is 12.9. The number of aliphatic hydroxyl groups excluding tert-OH is 1. The first kappa shape index (κ1) is 15.9. The van der Waals surface area contributed by atoms with Crippen LogP contribution in [0.25, 0.3) is 0 Å². The van der Waals surface area contributed by atoms with Crippen LogP contribution in [0.3, 0.4) is 0 Å². The molecular formula is C15H19ClFN3O. The third kappa shape index (κ3) is 3.81. The van der Waals surface area contributed by atoms with Gasteiger partial charge in [-0.3, -0.25) is 4.90 Å². The topological polar surface area (TPSA) is 52.1 Å². The number of aromatic amines is 1. The molecule has 0 amide bonds. The zero-order valence-electron chi connectivity index (χ0n) is 12.2. The molecule has 1 heterocycles. The Morgan fingerprint density at radius 1 is 1.33 bits per heavy atom. The second-order valence-corrected chi connectivity index (χ2v) is 5.47. The Hall–Kier alpha value is -1.43. The van der Waals surface area contributed by atoms with Crippen molar-refractivity contribution in [3.63, 3.8) is 0 Å². The normalized spacial score (nSPS) is 11.3. The maximum Gasteiger partial charge on any atom is 0.132 e. The van der Waals surface area contributed by atoms with Gasteiger partial charge in [0.15, 0.2) is 0 Å². The van der Waals surface area contributed by atoms with Crippen molar-refractivity contribution in [3.05, 3.63) is 51.8 Å². The number of benzene rings is 1. The van der Waals surface area contributed by atoms with Crippen LogP contribution in [0, 0.1) is 19.7 Å². The van der Waals surface area contributed by atoms with E-state index in [1.165, 1.54) is 0 Å². The molecule has 0 radical (unpaired) electrons. The number of H-pyrrole nitrogens is 1. The van der Waals surface area contributed by atoms with Crippen molar-refractivity contribution in [1.29, 1.82) is 0 Å². The van der Waals surface area contributed by atoms with E-state index in [-0.39, 0.29) is 12.4 Å². The van der Waals surface area contributed by atoms with Gasteiger partial charge < -0.3 is 10.1 Å². The molecule has 6 heteroatoms. The highest BCUT2D eigenvalue weighted by Crippen LogP contribution is 2.24. The number of aliphatic hydroxyl groups is 1. The van der Waals surface area contributed by atoms with Gasteiger partial charge in [0, 0.05) is 35.9 Å². The first-order valence-electron chi connectivity index (χ1n) is 6.78. The van der Waals surface area contributed by atoms with E-state index in [2.05, 4.69) is 9.97 Å². The number of aryl methyl sites for hydroxylation is 2. The summed E-state index contributed by atoms with van der Waals surface area (Å²) in [4.78, 5) is 9.17. The van der Waals surface area contributed by atoms with Crippen molar-refractivity contribution in [2.75, 3.05) is 13.2 Å². The highest BCUT2D eigenvalue weighted by Gasteiger charge is 2.16. The fourth-order valence-corrected chi connectivity index (χ4v) is 2.40. The van der Waals surface area contributed by atoms with Gasteiger partial charge >= 0.3 is 0 Å². The second kappa shape index (κ2) is 7.02. The Morgan fingerprint density at radius 3 is 2.71 bits per heavy atom. The number of rotatable bonds is 6. The molecule has 0 aliphatic rings. The van der Waals surface area contributed by atoms with E-state index in [1.54, 1.807) is 25.4 Å². The van der Waals surface area contributed by atoms with Gasteiger partial charge in [0.2, 0.25) is 0 Å². The van der Waals surface area contributed by atoms with Gasteiger partial charge in [-0.05, 0) is 25.5 Å². The number of hydrogen-bond donors (Lipinski definition) is 2. The quantitative estimate of drug-likeness (QED) is 0.862. The third-order valence-electron chi connectivity index (χ3n) is 3.48. The molecule has 0 unspecified atom stereocenters. The zero-order chi connectivity index (χ0) is 15.4. The summed E-state index contributed by atoms with van der Waals surface area (Å²) >= 11 is 6.11. The highest BCUT2D eigenvalue weighted by atomic mass is 35.5. The number of aromatic nitrogens is 2. The van der Waals surface area contributed by atoms with Gasteiger partial charge in [0.1, 0.15) is 5.82 Å². The minimum Gasteiger partial charge on any atom is -0.395 e. The summed E-state index contributed by atoms with van der Waals surface area (Å²) in [6.45, 7) is 4.92. The lowest BCUT2D eigenvalue weighted by molar-refractivity contribution is 0.181. The van der Waals surface area contributed by atoms with Crippen molar-refractivity contribution in [1.82, 2.24) is 14.9 Å². The average molecular weight is 312 g/mol. The Labute approximate surface area is 128 Å². The summed E-state index contributed by atoms with van der Waals surface area (Å²) in [5, 5.41) is 9.61. The fraction of sp³-hybridized carbons (Fsp3) is 0.400. The molecule has 21 heavy (non-hydrogen) atoms. The maximum absolute atomic E-state index is 14.2. The maximum atomic E-state index is 14.2. The minimum atomic E-state index is -0.288. The van der Waals surface area contributed by atoms with Crippen LogP contribution in [0.1, 0.15) is 22.5 Å². The summed E-state index contributed by atoms with van der Waals surface area (Å²) < 4.78 is 14.2. The number of nitrogens with one attached hydrogen (secondary N) is 1. The molecule has 2 N–H and O–H groups in total. The second-order valence-electron chi connectivity index (χ2n) is 5.07. The van der Waals surface area contributed by atoms with Gasteiger partial charge in [-0.1, -0.05) is 17.7 Å². The molecule has 0 bridgehead atoms. The molecule has 0 atom stereocenters. The molecule has 0 saturated carbocycles. The molecule has 1 aromatic carbocycles. The SMILES string of the molecule is Cc1ccc(Cl)c(CN(CCO)Cc2nc[nH]c2C)c1F. The van der Waals surface area contributed by atoms with Gasteiger partial charge in [-0.25, -0.2) is 9.37 Å². The summed E-state index contributed by atoms with van der Waals surface area (Å²) in [6.07, 6.45) is 1.63. The molecule has 4 nitrogen and oxygen atoms in total. The van der Waals surface area contributed by atoms with E-state index < -0.39 is 0 Å². The molecule has 2 rings (SSSR count). The van der Waals surface area contributed by atoms with E-state index in [9.17, 15) is 9.50 Å². The van der Waals surface area contributed by atoms with Crippen LogP contribution in [-0.4, -0.2) is 33.1 Å². The molecule has 0 fully saturated rings. The van der Waals surface area contributed by atoms with Crippen molar-refractivity contribution >= 4 is 11.6 Å². The minimum absolute atomic E-state index is 0.00543. The smallest absolute Gasteiger partial charge is 0.132 e. The lowest BCUT2D eigenvalue weighted by Gasteiger charge is -2.22. The number of imidazole rings is 1. The molecule has 2 aromatic rings. The Kier molecular flexibility index (Phi) is 5.33. The molecule has 0 spiro atoms. The monoisotopic (exact) mass is 311 g/mol. The number of hydrogen-bond acceptors (Lipinski definition) is 3. The molecule has 0 aliphatic heterocycles. The molecule has 0 saturated heterocycles. The predicted molar refractivity (Wildman–Crippen MR) is 80.7 cm³/mol. The Balaban J connectivity index is 2.20. The summed E-state index contributed by atoms with van der Waals surface area (Å²) in [5.74, 6) is -0.288. The van der Waals surface area contributed by atoms with Gasteiger partial charge in [0.25, 0.3) is 0 Å². The lowest BCUT2D eigenvalue weighted by Crippen LogP contribution is -2.27. The van der Waals surface area contributed by atoms with E-state index in [1.807, 2.05) is 11.8 Å². The van der Waals surface area contributed by atoms with Crippen LogP contribution in [0.5, 0.6) is 0 Å². The fourth-order valence-electron chi connectivity index (χ4n) is 2.20. The van der Waals surface area contributed by atoms with E-state index in [0.717, 1.165) is 11.4 Å². The third-order valence-corrected chi connectivity index (χ3v) is 3.84. The standard InChI is InChI=1S/C15H19ClFN3O/c1-10-3-4-13(16)12(15(10)17)7-20(5-6-21)8-14-11(2)18-9-19-14/h3-4,9,21H,5-8H2,1-2H3,(H,18,19). The first-order valence-corrected chi connectivity index (χ1v) is 7.16. The molecule has 0 aliphatic carbocycles. The number of halogens is 2. The Bertz CT molecular complexity index is 615. The largest absolute Gasteiger partial charge is 0.395 e. The van der Waals surface area contributed by atoms with Gasteiger partial charge in [-0.15, -0.1) is 0 Å². The lowest BCUT2D eigenvalue weighted by atomic mass is 10.1. The van der Waals surface area contributed by atoms with Crippen molar-refractivity contribution < 1.29 is 9.50 Å². The molecule has 114 valence electrons. The van der Waals surface area contributed by atoms with E-state index in [4.69, 9.17) is 11.6 Å². The van der Waals surface area contributed by atoms with Crippen LogP contribution in [0.15, 0.2) is 18.5 Å². The average Bonchev–Trinajstić information content (AvgIpc) is 2.85. The molecule has 1 aromatic heterocycles. The van der Waals surface area contributed by atoms with Gasteiger partial charge in [-0.2, -0.15) is 0 Å². The van der Waals surface area contributed by atoms with E-state index in [0.29, 0.717) is 35.8 Å². The molecular weight excluding hydrogens is 293 g/mol. The van der Waals surface area contributed by atoms with Crippen LogP contribution in [-0.2, 0) is 13.1 Å². The van der Waals surface area contributed by atoms with Crippen LogP contribution < -0.4 is 0 Å². The van der Waals surface area contributed by atoms with E-state index >= 15 is 0 Å². The Morgan fingerprint density at radius 2 is 2.10 bits per heavy atom. The highest BCUT2D eigenvalue weighted by molar-refractivity contribution is 6.31. The summed E-state index contributed by atoms with van der Waals surface area (Å²) in [5.41, 5.74) is 2.87. The van der Waals surface area contributed by atoms with Crippen molar-refractivity contribution in [2.24, 2.45) is 0 Å². The van der Waals surface area contributed by atoms with Crippen molar-refractivity contribution in [3.8, 4) is 0 Å². The van der Waals surface area contributed by atoms with Crippen LogP contribution in [0.2, 0.25) is 5.02 Å². The van der Waals surface area contributed by atoms with Crippen LogP contribution >= 0.6 is 11.6 Å². The van der Waals surface area contributed by atoms with Crippen LogP contribution in [0.4, 0.5) is 4.39 Å². The first-order chi connectivity index (χ1) is 10.0. The summed E-state index contributed by atoms with van der Waals surface area (Å²) in [6, 6.07) is 3.36. The van der Waals surface area contributed by atoms with Gasteiger partial charge in [0.05, 0.1) is 18.6 Å². The summed E-state index contributed by atoms with van der Waals surface area (Å²) in [7, 11) is 0. The number of nitrogens with zero attached hydrogens (tertiary/aromatic N) is 2.